The highest BCUT2D eigenvalue weighted by molar-refractivity contribution is 7.92. The van der Waals surface area contributed by atoms with Gasteiger partial charge in [-0.1, -0.05) is 67.8 Å². The Morgan fingerprint density at radius 3 is 2.26 bits per heavy atom. The summed E-state index contributed by atoms with van der Waals surface area (Å²) in [5.41, 5.74) is 4.02. The second-order valence-electron chi connectivity index (χ2n) is 11.5. The van der Waals surface area contributed by atoms with Crippen molar-refractivity contribution in [1.82, 2.24) is 10.2 Å². The van der Waals surface area contributed by atoms with Gasteiger partial charge < -0.3 is 15.0 Å². The number of hydrogen-bond donors (Lipinski definition) is 1. The minimum atomic E-state index is -3.82. The van der Waals surface area contributed by atoms with Crippen molar-refractivity contribution >= 4 is 27.5 Å². The topological polar surface area (TPSA) is 96.0 Å². The van der Waals surface area contributed by atoms with E-state index in [1.165, 1.54) is 4.90 Å². The van der Waals surface area contributed by atoms with Crippen molar-refractivity contribution in [3.8, 4) is 5.75 Å². The van der Waals surface area contributed by atoms with Crippen LogP contribution in [0.5, 0.6) is 5.75 Å². The summed E-state index contributed by atoms with van der Waals surface area (Å²) in [6, 6.07) is 21.5. The van der Waals surface area contributed by atoms with Crippen molar-refractivity contribution < 1.29 is 22.7 Å². The van der Waals surface area contributed by atoms with Crippen LogP contribution in [0.2, 0.25) is 0 Å². The fourth-order valence-electron chi connectivity index (χ4n) is 5.56. The lowest BCUT2D eigenvalue weighted by atomic mass is 9.94. The number of carbonyl (C=O) groups excluding carboxylic acids is 2. The van der Waals surface area contributed by atoms with Crippen molar-refractivity contribution in [2.45, 2.75) is 71.0 Å². The third-order valence-electron chi connectivity index (χ3n) is 8.17. The zero-order valence-corrected chi connectivity index (χ0v) is 26.4. The minimum absolute atomic E-state index is 0.0522. The van der Waals surface area contributed by atoms with Crippen LogP contribution in [0.3, 0.4) is 0 Å². The number of carbonyl (C=O) groups is 2. The standard InChI is InChI=1S/C34H43N3O5S/c1-25-18-19-30(20-26(25)2)37(43(4,40)41)24-33(38)36(23-28-14-11-17-31(21-28)42-3)32(22-27-12-7-5-8-13-27)34(39)35-29-15-9-6-10-16-29/h5,7-8,11-14,17-21,29,32H,6,9-10,15-16,22-24H2,1-4H3,(H,35,39)/t32-/m1/s1. The number of amides is 2. The number of methoxy groups -OCH3 is 1. The van der Waals surface area contributed by atoms with Crippen molar-refractivity contribution in [2.75, 3.05) is 24.2 Å². The van der Waals surface area contributed by atoms with Crippen molar-refractivity contribution in [2.24, 2.45) is 0 Å². The third-order valence-corrected chi connectivity index (χ3v) is 9.31. The first-order chi connectivity index (χ1) is 20.5. The van der Waals surface area contributed by atoms with Crippen LogP contribution >= 0.6 is 0 Å². The predicted octanol–water partition coefficient (Wildman–Crippen LogP) is 5.17. The summed E-state index contributed by atoms with van der Waals surface area (Å²) in [6.07, 6.45) is 6.46. The molecule has 0 radical (unpaired) electrons. The van der Waals surface area contributed by atoms with Crippen LogP contribution in [-0.2, 0) is 32.6 Å². The Hall–Kier alpha value is -3.85. The number of sulfonamides is 1. The lowest BCUT2D eigenvalue weighted by Gasteiger charge is -2.35. The largest absolute Gasteiger partial charge is 0.497 e. The van der Waals surface area contributed by atoms with Gasteiger partial charge in [0.1, 0.15) is 18.3 Å². The Kier molecular flexibility index (Phi) is 10.9. The molecule has 0 bridgehead atoms. The van der Waals surface area contributed by atoms with Gasteiger partial charge in [0.25, 0.3) is 0 Å². The molecule has 1 aliphatic carbocycles. The number of ether oxygens (including phenoxy) is 1. The highest BCUT2D eigenvalue weighted by atomic mass is 32.2. The molecule has 1 aliphatic rings. The van der Waals surface area contributed by atoms with E-state index in [1.807, 2.05) is 74.5 Å². The molecule has 0 aromatic heterocycles. The minimum Gasteiger partial charge on any atom is -0.497 e. The van der Waals surface area contributed by atoms with Gasteiger partial charge in [-0.15, -0.1) is 0 Å². The Labute approximate surface area is 256 Å². The Balaban J connectivity index is 1.74. The van der Waals surface area contributed by atoms with Gasteiger partial charge >= 0.3 is 0 Å². The molecule has 1 atom stereocenters. The number of anilines is 1. The first kappa shape index (κ1) is 32.1. The molecule has 2 amide bonds. The predicted molar refractivity (Wildman–Crippen MR) is 171 cm³/mol. The van der Waals surface area contributed by atoms with E-state index in [2.05, 4.69) is 5.32 Å². The van der Waals surface area contributed by atoms with Gasteiger partial charge in [-0.3, -0.25) is 13.9 Å². The molecule has 0 aliphatic heterocycles. The average molecular weight is 606 g/mol. The Morgan fingerprint density at radius 1 is 0.907 bits per heavy atom. The summed E-state index contributed by atoms with van der Waals surface area (Å²) < 4.78 is 32.6. The SMILES string of the molecule is COc1cccc(CN(C(=O)CN(c2ccc(C)c(C)c2)S(C)(=O)=O)[C@H](Cc2ccccc2)C(=O)NC2CCCCC2)c1. The van der Waals surface area contributed by atoms with Crippen LogP contribution in [-0.4, -0.2) is 57.1 Å². The third kappa shape index (κ3) is 8.83. The van der Waals surface area contributed by atoms with Gasteiger partial charge in [-0.2, -0.15) is 0 Å². The summed E-state index contributed by atoms with van der Waals surface area (Å²) >= 11 is 0. The fourth-order valence-corrected chi connectivity index (χ4v) is 6.40. The lowest BCUT2D eigenvalue weighted by Crippen LogP contribution is -2.55. The Bertz CT molecular complexity index is 1500. The van der Waals surface area contributed by atoms with E-state index in [0.29, 0.717) is 11.4 Å². The molecule has 1 saturated carbocycles. The van der Waals surface area contributed by atoms with Gasteiger partial charge in [0.2, 0.25) is 21.8 Å². The van der Waals surface area contributed by atoms with Crippen LogP contribution in [0.25, 0.3) is 0 Å². The highest BCUT2D eigenvalue weighted by Gasteiger charge is 2.34. The normalized spacial score (nSPS) is 14.5. The quantitative estimate of drug-likeness (QED) is 0.308. The summed E-state index contributed by atoms with van der Waals surface area (Å²) in [5.74, 6) is -0.0701. The molecule has 0 unspecified atom stereocenters. The number of benzene rings is 3. The molecule has 0 heterocycles. The van der Waals surface area contributed by atoms with E-state index in [9.17, 15) is 18.0 Å². The van der Waals surface area contributed by atoms with Crippen LogP contribution in [0, 0.1) is 13.8 Å². The van der Waals surface area contributed by atoms with Gasteiger partial charge in [0.15, 0.2) is 0 Å². The molecule has 8 nitrogen and oxygen atoms in total. The van der Waals surface area contributed by atoms with E-state index in [4.69, 9.17) is 4.74 Å². The van der Waals surface area contributed by atoms with Crippen molar-refractivity contribution in [3.05, 3.63) is 95.1 Å². The maximum absolute atomic E-state index is 14.3. The van der Waals surface area contributed by atoms with Gasteiger partial charge in [0.05, 0.1) is 19.1 Å². The summed E-state index contributed by atoms with van der Waals surface area (Å²) in [6.45, 7) is 3.52. The average Bonchev–Trinajstić information content (AvgIpc) is 2.99. The second kappa shape index (κ2) is 14.6. The molecular weight excluding hydrogens is 562 g/mol. The van der Waals surface area contributed by atoms with Crippen LogP contribution in [0.15, 0.2) is 72.8 Å². The highest BCUT2D eigenvalue weighted by Crippen LogP contribution is 2.24. The zero-order chi connectivity index (χ0) is 31.0. The molecular formula is C34H43N3O5S. The molecule has 230 valence electrons. The first-order valence-corrected chi connectivity index (χ1v) is 16.7. The maximum Gasteiger partial charge on any atom is 0.244 e. The molecule has 0 spiro atoms. The molecule has 3 aromatic carbocycles. The number of nitrogens with zero attached hydrogens (tertiary/aromatic N) is 2. The fraction of sp³-hybridized carbons (Fsp3) is 0.412. The van der Waals surface area contributed by atoms with Crippen molar-refractivity contribution in [3.63, 3.8) is 0 Å². The summed E-state index contributed by atoms with van der Waals surface area (Å²) in [4.78, 5) is 29.9. The summed E-state index contributed by atoms with van der Waals surface area (Å²) in [5, 5.41) is 3.22. The van der Waals surface area contributed by atoms with E-state index < -0.39 is 28.5 Å². The van der Waals surface area contributed by atoms with Gasteiger partial charge in [0, 0.05) is 19.0 Å². The molecule has 9 heteroatoms. The van der Waals surface area contributed by atoms with Crippen molar-refractivity contribution in [1.29, 1.82) is 0 Å². The molecule has 43 heavy (non-hydrogen) atoms. The lowest BCUT2D eigenvalue weighted by molar-refractivity contribution is -0.140. The van der Waals surface area contributed by atoms with E-state index >= 15 is 0 Å². The second-order valence-corrected chi connectivity index (χ2v) is 13.4. The van der Waals surface area contributed by atoms with Crippen LogP contribution in [0.4, 0.5) is 5.69 Å². The number of aryl methyl sites for hydroxylation is 2. The van der Waals surface area contributed by atoms with Gasteiger partial charge in [-0.25, -0.2) is 8.42 Å². The number of nitrogens with one attached hydrogen (secondary N) is 1. The molecule has 1 N–H and O–H groups in total. The summed E-state index contributed by atoms with van der Waals surface area (Å²) in [7, 11) is -2.25. The molecule has 0 saturated heterocycles. The van der Waals surface area contributed by atoms with Crippen LogP contribution < -0.4 is 14.4 Å². The first-order valence-electron chi connectivity index (χ1n) is 14.9. The zero-order valence-electron chi connectivity index (χ0n) is 25.6. The monoisotopic (exact) mass is 605 g/mol. The molecule has 3 aromatic rings. The van der Waals surface area contributed by atoms with E-state index in [0.717, 1.165) is 64.9 Å². The van der Waals surface area contributed by atoms with Crippen LogP contribution in [0.1, 0.15) is 54.4 Å². The molecule has 4 rings (SSSR count). The maximum atomic E-state index is 14.3. The molecule has 1 fully saturated rings. The smallest absolute Gasteiger partial charge is 0.244 e. The number of rotatable bonds is 12. The number of hydrogen-bond acceptors (Lipinski definition) is 5. The van der Waals surface area contributed by atoms with E-state index in [-0.39, 0.29) is 24.9 Å². The van der Waals surface area contributed by atoms with Gasteiger partial charge in [-0.05, 0) is 73.2 Å². The Morgan fingerprint density at radius 2 is 1.60 bits per heavy atom. The van der Waals surface area contributed by atoms with E-state index in [1.54, 1.807) is 19.2 Å².